The van der Waals surface area contributed by atoms with E-state index in [1.807, 2.05) is 6.07 Å². The molecule has 0 N–H and O–H groups in total. The molecule has 0 saturated heterocycles. The zero-order valence-electron chi connectivity index (χ0n) is 10.8. The first-order valence-corrected chi connectivity index (χ1v) is 6.68. The molecule has 2 rings (SSSR count). The summed E-state index contributed by atoms with van der Waals surface area (Å²) in [6.07, 6.45) is 1.05. The summed E-state index contributed by atoms with van der Waals surface area (Å²) in [4.78, 5) is 14.4. The summed E-state index contributed by atoms with van der Waals surface area (Å²) in [5, 5.41) is 0. The molecule has 1 atom stereocenters. The maximum atomic E-state index is 12.2. The van der Waals surface area contributed by atoms with Crippen LogP contribution in [0.2, 0.25) is 0 Å². The van der Waals surface area contributed by atoms with Gasteiger partial charge in [0, 0.05) is 10.8 Å². The molecule has 0 spiro atoms. The van der Waals surface area contributed by atoms with Gasteiger partial charge in [-0.25, -0.2) is 0 Å². The Labute approximate surface area is 102 Å². The first-order valence-electron chi connectivity index (χ1n) is 5.86. The Morgan fingerprint density at radius 3 is 2.31 bits per heavy atom. The van der Waals surface area contributed by atoms with Crippen molar-refractivity contribution in [2.45, 2.75) is 46.5 Å². The first kappa shape index (κ1) is 11.8. The lowest BCUT2D eigenvalue weighted by molar-refractivity contribution is 0.0957. The Morgan fingerprint density at radius 1 is 1.38 bits per heavy atom. The Balaban J connectivity index is 2.17. The normalized spacial score (nSPS) is 23.2. The molecule has 88 valence electrons. The quantitative estimate of drug-likeness (QED) is 0.701. The van der Waals surface area contributed by atoms with Crippen molar-refractivity contribution in [3.05, 3.63) is 21.9 Å². The minimum atomic E-state index is 0.155. The maximum absolute atomic E-state index is 12.2. The van der Waals surface area contributed by atoms with Gasteiger partial charge in [-0.3, -0.25) is 4.79 Å². The van der Waals surface area contributed by atoms with Crippen LogP contribution in [0.15, 0.2) is 12.1 Å². The fraction of sp³-hybridized carbons (Fsp3) is 0.643. The summed E-state index contributed by atoms with van der Waals surface area (Å²) < 4.78 is 0. The molecule has 0 aromatic carbocycles. The second-order valence-electron chi connectivity index (χ2n) is 6.52. The number of rotatable bonds is 2. The van der Waals surface area contributed by atoms with Gasteiger partial charge in [-0.05, 0) is 29.4 Å². The molecule has 1 heterocycles. The summed E-state index contributed by atoms with van der Waals surface area (Å²) in [6, 6.07) is 4.11. The van der Waals surface area contributed by atoms with E-state index in [9.17, 15) is 4.79 Å². The number of ketones is 1. The fourth-order valence-corrected chi connectivity index (χ4v) is 3.02. The van der Waals surface area contributed by atoms with E-state index >= 15 is 0 Å². The van der Waals surface area contributed by atoms with Crippen molar-refractivity contribution in [3.63, 3.8) is 0 Å². The molecule has 0 radical (unpaired) electrons. The van der Waals surface area contributed by atoms with Crippen LogP contribution in [0.4, 0.5) is 0 Å². The van der Waals surface area contributed by atoms with E-state index in [0.29, 0.717) is 5.78 Å². The molecule has 1 aromatic heterocycles. The van der Waals surface area contributed by atoms with Crippen molar-refractivity contribution in [2.75, 3.05) is 0 Å². The van der Waals surface area contributed by atoms with Crippen LogP contribution in [0.25, 0.3) is 0 Å². The average molecular weight is 236 g/mol. The summed E-state index contributed by atoms with van der Waals surface area (Å²) >= 11 is 1.67. The van der Waals surface area contributed by atoms with Crippen molar-refractivity contribution in [3.8, 4) is 0 Å². The average Bonchev–Trinajstić information content (AvgIpc) is 2.65. The summed E-state index contributed by atoms with van der Waals surface area (Å²) in [5.74, 6) is 0.615. The first-order chi connectivity index (χ1) is 7.22. The minimum absolute atomic E-state index is 0.155. The lowest BCUT2D eigenvalue weighted by atomic mass is 9.95. The third-order valence-corrected chi connectivity index (χ3v) is 4.94. The lowest BCUT2D eigenvalue weighted by Crippen LogP contribution is -2.08. The fourth-order valence-electron chi connectivity index (χ4n) is 1.96. The van der Waals surface area contributed by atoms with Gasteiger partial charge in [-0.15, -0.1) is 11.3 Å². The second-order valence-corrected chi connectivity index (χ2v) is 7.61. The molecular weight excluding hydrogens is 216 g/mol. The Bertz CT molecular complexity index is 420. The van der Waals surface area contributed by atoms with Crippen LogP contribution in [0, 0.1) is 11.3 Å². The topological polar surface area (TPSA) is 17.1 Å². The lowest BCUT2D eigenvalue weighted by Gasteiger charge is -2.15. The number of hydrogen-bond acceptors (Lipinski definition) is 2. The molecule has 1 unspecified atom stereocenters. The minimum Gasteiger partial charge on any atom is -0.293 e. The maximum Gasteiger partial charge on any atom is 0.176 e. The molecule has 0 bridgehead atoms. The molecule has 2 heteroatoms. The SMILES string of the molecule is CC(C)(C)c1ccc(C(=O)C2CC2(C)C)s1. The highest BCUT2D eigenvalue weighted by Gasteiger charge is 2.50. The van der Waals surface area contributed by atoms with Gasteiger partial charge >= 0.3 is 0 Å². The number of Topliss-reactive ketones (excluding diaryl/α,β-unsaturated/α-hetero) is 1. The Kier molecular flexibility index (Phi) is 2.54. The molecule has 1 fully saturated rings. The van der Waals surface area contributed by atoms with Crippen LogP contribution in [0.3, 0.4) is 0 Å². The van der Waals surface area contributed by atoms with Crippen LogP contribution in [0.5, 0.6) is 0 Å². The highest BCUT2D eigenvalue weighted by atomic mass is 32.1. The molecular formula is C14H20OS. The van der Waals surface area contributed by atoms with Crippen molar-refractivity contribution in [1.29, 1.82) is 0 Å². The smallest absolute Gasteiger partial charge is 0.176 e. The van der Waals surface area contributed by atoms with E-state index in [1.165, 1.54) is 4.88 Å². The number of hydrogen-bond donors (Lipinski definition) is 0. The Morgan fingerprint density at radius 2 is 1.94 bits per heavy atom. The number of carbonyl (C=O) groups is 1. The summed E-state index contributed by atoms with van der Waals surface area (Å²) in [5.41, 5.74) is 0.394. The standard InChI is InChI=1S/C14H20OS/c1-13(2,3)11-7-6-10(16-11)12(15)9-8-14(9,4)5/h6-7,9H,8H2,1-5H3. The van der Waals surface area contributed by atoms with Gasteiger partial charge in [0.15, 0.2) is 5.78 Å². The van der Waals surface area contributed by atoms with Gasteiger partial charge in [-0.1, -0.05) is 34.6 Å². The van der Waals surface area contributed by atoms with Crippen molar-refractivity contribution < 1.29 is 4.79 Å². The van der Waals surface area contributed by atoms with Crippen molar-refractivity contribution in [1.82, 2.24) is 0 Å². The zero-order chi connectivity index (χ0) is 12.1. The van der Waals surface area contributed by atoms with Crippen LogP contribution in [0.1, 0.15) is 55.6 Å². The third kappa shape index (κ3) is 2.08. The number of thiophene rings is 1. The molecule has 0 aliphatic heterocycles. The molecule has 1 aliphatic carbocycles. The van der Waals surface area contributed by atoms with Gasteiger partial charge in [0.2, 0.25) is 0 Å². The van der Waals surface area contributed by atoms with Gasteiger partial charge in [-0.2, -0.15) is 0 Å². The predicted octanol–water partition coefficient (Wildman–Crippen LogP) is 4.27. The van der Waals surface area contributed by atoms with Crippen LogP contribution in [-0.4, -0.2) is 5.78 Å². The van der Waals surface area contributed by atoms with E-state index < -0.39 is 0 Å². The monoisotopic (exact) mass is 236 g/mol. The van der Waals surface area contributed by atoms with Crippen LogP contribution >= 0.6 is 11.3 Å². The van der Waals surface area contributed by atoms with Gasteiger partial charge in [0.05, 0.1) is 4.88 Å². The highest BCUT2D eigenvalue weighted by molar-refractivity contribution is 7.14. The van der Waals surface area contributed by atoms with E-state index in [4.69, 9.17) is 0 Å². The van der Waals surface area contributed by atoms with E-state index in [-0.39, 0.29) is 16.7 Å². The van der Waals surface area contributed by atoms with E-state index in [0.717, 1.165) is 11.3 Å². The molecule has 1 saturated carbocycles. The zero-order valence-corrected chi connectivity index (χ0v) is 11.6. The van der Waals surface area contributed by atoms with Gasteiger partial charge in [0.1, 0.15) is 0 Å². The van der Waals surface area contributed by atoms with Crippen molar-refractivity contribution in [2.24, 2.45) is 11.3 Å². The molecule has 1 aromatic rings. The second kappa shape index (κ2) is 3.43. The van der Waals surface area contributed by atoms with Gasteiger partial charge < -0.3 is 0 Å². The molecule has 1 nitrogen and oxygen atoms in total. The van der Waals surface area contributed by atoms with E-state index in [2.05, 4.69) is 40.7 Å². The third-order valence-electron chi connectivity index (χ3n) is 3.42. The van der Waals surface area contributed by atoms with Gasteiger partial charge in [0.25, 0.3) is 0 Å². The largest absolute Gasteiger partial charge is 0.293 e. The van der Waals surface area contributed by atoms with Crippen LogP contribution in [-0.2, 0) is 5.41 Å². The highest BCUT2D eigenvalue weighted by Crippen LogP contribution is 2.53. The van der Waals surface area contributed by atoms with Crippen molar-refractivity contribution >= 4 is 17.1 Å². The molecule has 1 aliphatic rings. The Hall–Kier alpha value is -0.630. The predicted molar refractivity (Wildman–Crippen MR) is 69.2 cm³/mol. The molecule has 0 amide bonds. The number of carbonyl (C=O) groups excluding carboxylic acids is 1. The van der Waals surface area contributed by atoms with E-state index in [1.54, 1.807) is 11.3 Å². The summed E-state index contributed by atoms with van der Waals surface area (Å²) in [7, 11) is 0. The van der Waals surface area contributed by atoms with Crippen LogP contribution < -0.4 is 0 Å². The molecule has 16 heavy (non-hydrogen) atoms. The summed E-state index contributed by atoms with van der Waals surface area (Å²) in [6.45, 7) is 10.9.